The molecule has 0 unspecified atom stereocenters. The number of aromatic nitrogens is 2. The molecule has 0 fully saturated rings. The molecule has 1 N–H and O–H groups in total. The Morgan fingerprint density at radius 1 is 1.39 bits per heavy atom. The maximum absolute atomic E-state index is 12.2. The Morgan fingerprint density at radius 2 is 2.17 bits per heavy atom. The van der Waals surface area contributed by atoms with Crippen molar-refractivity contribution in [1.29, 1.82) is 0 Å². The summed E-state index contributed by atoms with van der Waals surface area (Å²) in [5, 5.41) is 8.08. The van der Waals surface area contributed by atoms with Gasteiger partial charge in [-0.3, -0.25) is 4.68 Å². The molecule has 3 aromatic rings. The first-order valence-electron chi connectivity index (χ1n) is 7.56. The molecular weight excluding hydrogens is 292 g/mol. The van der Waals surface area contributed by atoms with E-state index < -0.39 is 0 Å². The third-order valence-corrected chi connectivity index (χ3v) is 3.60. The zero-order valence-electron chi connectivity index (χ0n) is 13.5. The van der Waals surface area contributed by atoms with Crippen LogP contribution >= 0.6 is 0 Å². The minimum atomic E-state index is -0.200. The normalized spacial score (nSPS) is 11.1. The molecule has 2 amide bonds. The minimum absolute atomic E-state index is 0.200. The molecule has 3 rings (SSSR count). The molecule has 0 radical (unpaired) electrons. The van der Waals surface area contributed by atoms with Crippen LogP contribution in [-0.2, 0) is 6.54 Å². The van der Waals surface area contributed by atoms with E-state index in [-0.39, 0.29) is 12.1 Å². The Kier molecular flexibility index (Phi) is 4.06. The molecule has 1 aromatic carbocycles. The molecule has 0 atom stereocenters. The molecule has 2 aromatic heterocycles. The van der Waals surface area contributed by atoms with Crippen molar-refractivity contribution >= 4 is 22.7 Å². The average Bonchev–Trinajstić information content (AvgIpc) is 3.13. The number of nitrogens with zero attached hydrogens (tertiary/aromatic N) is 3. The third kappa shape index (κ3) is 3.36. The molecule has 0 aliphatic rings. The number of urea groups is 1. The summed E-state index contributed by atoms with van der Waals surface area (Å²) < 4.78 is 7.54. The molecule has 0 spiro atoms. The quantitative estimate of drug-likeness (QED) is 0.795. The van der Waals surface area contributed by atoms with Crippen molar-refractivity contribution in [3.8, 4) is 0 Å². The molecule has 0 bridgehead atoms. The van der Waals surface area contributed by atoms with Crippen molar-refractivity contribution in [3.63, 3.8) is 0 Å². The number of para-hydroxylation sites is 1. The van der Waals surface area contributed by atoms with Crippen molar-refractivity contribution < 1.29 is 9.21 Å². The Balaban J connectivity index is 1.64. The fourth-order valence-corrected chi connectivity index (χ4v) is 2.32. The summed E-state index contributed by atoms with van der Waals surface area (Å²) >= 11 is 0. The fourth-order valence-electron chi connectivity index (χ4n) is 2.32. The van der Waals surface area contributed by atoms with Crippen LogP contribution in [0.4, 0.5) is 10.5 Å². The van der Waals surface area contributed by atoms with Gasteiger partial charge in [-0.25, -0.2) is 4.79 Å². The van der Waals surface area contributed by atoms with E-state index in [9.17, 15) is 4.79 Å². The molecule has 120 valence electrons. The summed E-state index contributed by atoms with van der Waals surface area (Å²) in [6, 6.07) is 9.81. The second-order valence-electron chi connectivity index (χ2n) is 5.84. The molecule has 6 nitrogen and oxygen atoms in total. The van der Waals surface area contributed by atoms with Crippen LogP contribution < -0.4 is 5.32 Å². The number of hydrogen-bond acceptors (Lipinski definition) is 3. The number of carbonyl (C=O) groups is 1. The second-order valence-corrected chi connectivity index (χ2v) is 5.84. The first-order chi connectivity index (χ1) is 11.0. The van der Waals surface area contributed by atoms with Gasteiger partial charge in [-0.1, -0.05) is 18.2 Å². The predicted molar refractivity (Wildman–Crippen MR) is 89.3 cm³/mol. The van der Waals surface area contributed by atoms with Crippen LogP contribution in [0.15, 0.2) is 47.1 Å². The number of furan rings is 1. The van der Waals surface area contributed by atoms with Gasteiger partial charge in [0.15, 0.2) is 0 Å². The number of nitrogens with one attached hydrogen (secondary N) is 1. The fraction of sp³-hybridized carbons (Fsp3) is 0.294. The summed E-state index contributed by atoms with van der Waals surface area (Å²) in [4.78, 5) is 13.8. The third-order valence-electron chi connectivity index (χ3n) is 3.60. The van der Waals surface area contributed by atoms with Crippen LogP contribution in [0, 0.1) is 0 Å². The highest BCUT2D eigenvalue weighted by molar-refractivity contribution is 5.88. The lowest BCUT2D eigenvalue weighted by Crippen LogP contribution is -2.30. The lowest BCUT2D eigenvalue weighted by molar-refractivity contribution is 0.217. The maximum atomic E-state index is 12.2. The van der Waals surface area contributed by atoms with Crippen molar-refractivity contribution in [2.75, 3.05) is 12.4 Å². The van der Waals surface area contributed by atoms with E-state index in [0.717, 1.165) is 16.7 Å². The topological polar surface area (TPSA) is 63.3 Å². The second kappa shape index (κ2) is 6.16. The summed E-state index contributed by atoms with van der Waals surface area (Å²) in [6.07, 6.45) is 3.46. The van der Waals surface area contributed by atoms with Crippen LogP contribution in [0.25, 0.3) is 11.0 Å². The lowest BCUT2D eigenvalue weighted by Gasteiger charge is -2.15. The summed E-state index contributed by atoms with van der Waals surface area (Å²) in [5.74, 6) is 0.752. The van der Waals surface area contributed by atoms with Gasteiger partial charge in [-0.05, 0) is 26.0 Å². The van der Waals surface area contributed by atoms with Crippen molar-refractivity contribution in [2.45, 2.75) is 26.4 Å². The summed E-state index contributed by atoms with van der Waals surface area (Å²) in [7, 11) is 1.73. The van der Waals surface area contributed by atoms with E-state index in [1.807, 2.05) is 50.4 Å². The van der Waals surface area contributed by atoms with Gasteiger partial charge in [0.05, 0.1) is 18.4 Å². The monoisotopic (exact) mass is 312 g/mol. The number of anilines is 1. The highest BCUT2D eigenvalue weighted by Crippen LogP contribution is 2.20. The van der Waals surface area contributed by atoms with Gasteiger partial charge in [0.2, 0.25) is 0 Å². The van der Waals surface area contributed by atoms with Crippen LogP contribution in [0.2, 0.25) is 0 Å². The van der Waals surface area contributed by atoms with Gasteiger partial charge in [0, 0.05) is 24.7 Å². The van der Waals surface area contributed by atoms with Crippen LogP contribution in [-0.4, -0.2) is 27.8 Å². The highest BCUT2D eigenvalue weighted by Gasteiger charge is 2.13. The molecule has 0 aliphatic carbocycles. The standard InChI is InChI=1S/C17H20N4O2/c1-12(2)21-10-14(9-18-21)19-17(22)20(3)11-15-8-13-6-4-5-7-16(13)23-15/h4-10,12H,11H2,1-3H3,(H,19,22). The van der Waals surface area contributed by atoms with Crippen LogP contribution in [0.5, 0.6) is 0 Å². The van der Waals surface area contributed by atoms with Gasteiger partial charge in [0.1, 0.15) is 11.3 Å². The highest BCUT2D eigenvalue weighted by atomic mass is 16.3. The molecule has 23 heavy (non-hydrogen) atoms. The SMILES string of the molecule is CC(C)n1cc(NC(=O)N(C)Cc2cc3ccccc3o2)cn1. The van der Waals surface area contributed by atoms with Crippen molar-refractivity contribution in [1.82, 2.24) is 14.7 Å². The first-order valence-corrected chi connectivity index (χ1v) is 7.56. The number of rotatable bonds is 4. The molecule has 6 heteroatoms. The van der Waals surface area contributed by atoms with Crippen molar-refractivity contribution in [3.05, 3.63) is 48.5 Å². The van der Waals surface area contributed by atoms with Gasteiger partial charge in [-0.15, -0.1) is 0 Å². The number of benzene rings is 1. The van der Waals surface area contributed by atoms with Crippen LogP contribution in [0.1, 0.15) is 25.6 Å². The Bertz CT molecular complexity index is 786. The number of amides is 2. The Labute approximate surface area is 134 Å². The molecule has 0 saturated heterocycles. The lowest BCUT2D eigenvalue weighted by atomic mass is 10.2. The molecule has 0 saturated carbocycles. The Morgan fingerprint density at radius 3 is 2.87 bits per heavy atom. The average molecular weight is 312 g/mol. The van der Waals surface area contributed by atoms with Gasteiger partial charge < -0.3 is 14.6 Å². The van der Waals surface area contributed by atoms with E-state index in [1.54, 1.807) is 22.8 Å². The first kappa shape index (κ1) is 15.1. The van der Waals surface area contributed by atoms with E-state index in [0.29, 0.717) is 12.2 Å². The maximum Gasteiger partial charge on any atom is 0.322 e. The largest absolute Gasteiger partial charge is 0.459 e. The van der Waals surface area contributed by atoms with Gasteiger partial charge in [0.25, 0.3) is 0 Å². The van der Waals surface area contributed by atoms with E-state index in [2.05, 4.69) is 10.4 Å². The summed E-state index contributed by atoms with van der Waals surface area (Å²) in [6.45, 7) is 4.47. The van der Waals surface area contributed by atoms with Gasteiger partial charge in [-0.2, -0.15) is 5.10 Å². The Hall–Kier alpha value is -2.76. The molecule has 2 heterocycles. The van der Waals surface area contributed by atoms with E-state index in [4.69, 9.17) is 4.42 Å². The van der Waals surface area contributed by atoms with Gasteiger partial charge >= 0.3 is 6.03 Å². The zero-order chi connectivity index (χ0) is 16.4. The number of carbonyl (C=O) groups excluding carboxylic acids is 1. The number of fused-ring (bicyclic) bond motifs is 1. The van der Waals surface area contributed by atoms with E-state index in [1.165, 1.54) is 0 Å². The number of hydrogen-bond donors (Lipinski definition) is 1. The molecular formula is C17H20N4O2. The zero-order valence-corrected chi connectivity index (χ0v) is 13.5. The smallest absolute Gasteiger partial charge is 0.322 e. The summed E-state index contributed by atoms with van der Waals surface area (Å²) in [5.41, 5.74) is 1.51. The molecule has 0 aliphatic heterocycles. The van der Waals surface area contributed by atoms with Crippen molar-refractivity contribution in [2.24, 2.45) is 0 Å². The van der Waals surface area contributed by atoms with Crippen LogP contribution in [0.3, 0.4) is 0 Å². The minimum Gasteiger partial charge on any atom is -0.459 e. The predicted octanol–water partition coefficient (Wildman–Crippen LogP) is 3.87. The van der Waals surface area contributed by atoms with E-state index >= 15 is 0 Å².